The minimum Gasteiger partial charge on any atom is -0.497 e. The molecule has 1 amide bonds. The molecule has 0 aliphatic rings. The molecule has 0 N–H and O–H groups in total. The van der Waals surface area contributed by atoms with Crippen LogP contribution in [0.5, 0.6) is 5.75 Å². The van der Waals surface area contributed by atoms with Gasteiger partial charge >= 0.3 is 0 Å². The maximum Gasteiger partial charge on any atom is 0.230 e. The topological polar surface area (TPSA) is 42.4 Å². The lowest BCUT2D eigenvalue weighted by molar-refractivity contribution is -0.118. The Labute approximate surface area is 134 Å². The molecule has 2 rings (SSSR count). The highest BCUT2D eigenvalue weighted by Crippen LogP contribution is 2.25. The first-order valence-corrected chi connectivity index (χ1v) is 7.81. The molecule has 0 radical (unpaired) electrons. The predicted octanol–water partition coefficient (Wildman–Crippen LogP) is 3.31. The maximum absolute atomic E-state index is 12.5. The van der Waals surface area contributed by atoms with Crippen LogP contribution in [0.1, 0.15) is 24.8 Å². The summed E-state index contributed by atoms with van der Waals surface area (Å²) in [6.07, 6.45) is 7.41. The zero-order chi connectivity index (χ0) is 15.9. The lowest BCUT2D eigenvalue weighted by Crippen LogP contribution is -2.32. The fraction of sp³-hybridized carbons (Fsp3) is 0.294. The van der Waals surface area contributed by atoms with E-state index in [1.165, 1.54) is 11.3 Å². The molecule has 114 valence electrons. The van der Waals surface area contributed by atoms with Crippen LogP contribution in [0.15, 0.2) is 35.8 Å². The molecule has 22 heavy (non-hydrogen) atoms. The number of hydrogen-bond donors (Lipinski definition) is 0. The van der Waals surface area contributed by atoms with Gasteiger partial charge in [-0.15, -0.1) is 17.8 Å². The highest BCUT2D eigenvalue weighted by atomic mass is 32.1. The number of carbonyl (C=O) groups is 1. The molecule has 2 aromatic rings. The van der Waals surface area contributed by atoms with Crippen LogP contribution >= 0.6 is 11.3 Å². The van der Waals surface area contributed by atoms with Gasteiger partial charge in [0.05, 0.1) is 13.7 Å². The van der Waals surface area contributed by atoms with E-state index in [2.05, 4.69) is 10.9 Å². The second-order valence-corrected chi connectivity index (χ2v) is 5.75. The van der Waals surface area contributed by atoms with E-state index >= 15 is 0 Å². The van der Waals surface area contributed by atoms with E-state index in [9.17, 15) is 4.79 Å². The summed E-state index contributed by atoms with van der Waals surface area (Å²) in [5.74, 6) is 3.36. The zero-order valence-electron chi connectivity index (χ0n) is 12.7. The third kappa shape index (κ3) is 3.86. The quantitative estimate of drug-likeness (QED) is 0.768. The van der Waals surface area contributed by atoms with Crippen LogP contribution in [0.3, 0.4) is 0 Å². The average molecular weight is 314 g/mol. The maximum atomic E-state index is 12.5. The number of ether oxygens (including phenoxy) is 1. The van der Waals surface area contributed by atoms with Gasteiger partial charge in [0.2, 0.25) is 5.91 Å². The van der Waals surface area contributed by atoms with Crippen LogP contribution in [-0.2, 0) is 4.79 Å². The van der Waals surface area contributed by atoms with Crippen LogP contribution in [0.25, 0.3) is 0 Å². The summed E-state index contributed by atoms with van der Waals surface area (Å²) in [5.41, 5.74) is 1.06. The average Bonchev–Trinajstić information content (AvgIpc) is 3.06. The summed E-state index contributed by atoms with van der Waals surface area (Å²) in [6, 6.07) is 7.76. The Kier molecular flexibility index (Phi) is 5.56. The number of hydrogen-bond acceptors (Lipinski definition) is 4. The summed E-state index contributed by atoms with van der Waals surface area (Å²) in [7, 11) is 1.63. The van der Waals surface area contributed by atoms with Gasteiger partial charge in [-0.1, -0.05) is 25.0 Å². The van der Waals surface area contributed by atoms with E-state index in [1.54, 1.807) is 18.2 Å². The van der Waals surface area contributed by atoms with Gasteiger partial charge < -0.3 is 4.74 Å². The molecule has 1 aromatic heterocycles. The van der Waals surface area contributed by atoms with Gasteiger partial charge in [0.25, 0.3) is 0 Å². The minimum absolute atomic E-state index is 0.0248. The van der Waals surface area contributed by atoms with Crippen molar-refractivity contribution in [1.29, 1.82) is 0 Å². The largest absolute Gasteiger partial charge is 0.497 e. The number of nitrogens with zero attached hydrogens (tertiary/aromatic N) is 2. The summed E-state index contributed by atoms with van der Waals surface area (Å²) < 4.78 is 5.22. The van der Waals surface area contributed by atoms with E-state index in [-0.39, 0.29) is 18.4 Å². The smallest absolute Gasteiger partial charge is 0.230 e. The number of benzene rings is 1. The molecule has 1 atom stereocenters. The normalized spacial score (nSPS) is 11.5. The van der Waals surface area contributed by atoms with Gasteiger partial charge in [-0.3, -0.25) is 9.69 Å². The van der Waals surface area contributed by atoms with Crippen molar-refractivity contribution in [2.24, 2.45) is 0 Å². The molecule has 0 spiro atoms. The number of rotatable bonds is 6. The van der Waals surface area contributed by atoms with Crippen LogP contribution in [0.4, 0.5) is 5.13 Å². The van der Waals surface area contributed by atoms with Crippen molar-refractivity contribution < 1.29 is 9.53 Å². The number of thiazole rings is 1. The molecule has 0 aliphatic heterocycles. The lowest BCUT2D eigenvalue weighted by Gasteiger charge is -2.20. The molecule has 4 nitrogen and oxygen atoms in total. The molecular weight excluding hydrogens is 296 g/mol. The monoisotopic (exact) mass is 314 g/mol. The number of terminal acetylenes is 1. The van der Waals surface area contributed by atoms with Gasteiger partial charge in [0.1, 0.15) is 5.75 Å². The Morgan fingerprint density at radius 3 is 3.00 bits per heavy atom. The molecule has 0 saturated heterocycles. The van der Waals surface area contributed by atoms with Crippen molar-refractivity contribution in [2.45, 2.75) is 19.3 Å². The molecule has 1 aromatic carbocycles. The molecule has 0 saturated carbocycles. The van der Waals surface area contributed by atoms with Crippen molar-refractivity contribution >= 4 is 22.4 Å². The van der Waals surface area contributed by atoms with Crippen LogP contribution in [0.2, 0.25) is 0 Å². The van der Waals surface area contributed by atoms with Crippen molar-refractivity contribution in [3.05, 3.63) is 41.4 Å². The Bertz CT molecular complexity index is 662. The van der Waals surface area contributed by atoms with Gasteiger partial charge in [-0.05, 0) is 23.6 Å². The third-order valence-corrected chi connectivity index (χ3v) is 4.14. The second-order valence-electron chi connectivity index (χ2n) is 4.88. The number of aromatic nitrogens is 1. The summed E-state index contributed by atoms with van der Waals surface area (Å²) in [6.45, 7) is 2.25. The van der Waals surface area contributed by atoms with Gasteiger partial charge in [-0.25, -0.2) is 4.98 Å². The SMILES string of the molecule is C#CCN(C(=O)CC(C)c1cccc(OC)c1)c1nccs1. The fourth-order valence-corrected chi connectivity index (χ4v) is 2.80. The zero-order valence-corrected chi connectivity index (χ0v) is 13.5. The highest BCUT2D eigenvalue weighted by molar-refractivity contribution is 7.13. The summed E-state index contributed by atoms with van der Waals surface area (Å²) in [5, 5.41) is 2.47. The van der Waals surface area contributed by atoms with Crippen LogP contribution in [0, 0.1) is 12.3 Å². The van der Waals surface area contributed by atoms with E-state index < -0.39 is 0 Å². The van der Waals surface area contributed by atoms with E-state index in [4.69, 9.17) is 11.2 Å². The molecule has 0 fully saturated rings. The number of carbonyl (C=O) groups excluding carboxylic acids is 1. The lowest BCUT2D eigenvalue weighted by atomic mass is 9.97. The van der Waals surface area contributed by atoms with Crippen molar-refractivity contribution in [1.82, 2.24) is 4.98 Å². The Balaban J connectivity index is 2.10. The number of methoxy groups -OCH3 is 1. The number of anilines is 1. The molecule has 0 aliphatic carbocycles. The van der Waals surface area contributed by atoms with Gasteiger partial charge in [0.15, 0.2) is 5.13 Å². The van der Waals surface area contributed by atoms with Crippen molar-refractivity contribution in [3.8, 4) is 18.1 Å². The van der Waals surface area contributed by atoms with E-state index in [1.807, 2.05) is 36.6 Å². The van der Waals surface area contributed by atoms with Gasteiger partial charge in [-0.2, -0.15) is 0 Å². The molecule has 1 heterocycles. The second kappa shape index (κ2) is 7.62. The third-order valence-electron chi connectivity index (χ3n) is 3.34. The molecular formula is C17H18N2O2S. The first-order chi connectivity index (χ1) is 10.7. The van der Waals surface area contributed by atoms with Crippen molar-refractivity contribution in [2.75, 3.05) is 18.6 Å². The van der Waals surface area contributed by atoms with Gasteiger partial charge in [0, 0.05) is 18.0 Å². The first-order valence-electron chi connectivity index (χ1n) is 6.93. The first kappa shape index (κ1) is 16.1. The highest BCUT2D eigenvalue weighted by Gasteiger charge is 2.20. The van der Waals surface area contributed by atoms with E-state index in [0.29, 0.717) is 11.6 Å². The Hall–Kier alpha value is -2.32. The molecule has 1 unspecified atom stereocenters. The Morgan fingerprint density at radius 1 is 1.55 bits per heavy atom. The fourth-order valence-electron chi connectivity index (χ4n) is 2.14. The minimum atomic E-state index is -0.0248. The van der Waals surface area contributed by atoms with Crippen molar-refractivity contribution in [3.63, 3.8) is 0 Å². The standard InChI is InChI=1S/C17H18N2O2S/c1-4-9-19(17-18-8-10-22-17)16(20)11-13(2)14-6-5-7-15(12-14)21-3/h1,5-8,10,12-13H,9,11H2,2-3H3. The number of amides is 1. The van der Waals surface area contributed by atoms with E-state index in [0.717, 1.165) is 11.3 Å². The van der Waals surface area contributed by atoms with Crippen LogP contribution < -0.4 is 9.64 Å². The summed E-state index contributed by atoms with van der Waals surface area (Å²) >= 11 is 1.41. The molecule has 5 heteroatoms. The van der Waals surface area contributed by atoms with Crippen LogP contribution in [-0.4, -0.2) is 24.5 Å². The molecule has 0 bridgehead atoms. The predicted molar refractivity (Wildman–Crippen MR) is 89.3 cm³/mol. The Morgan fingerprint density at radius 2 is 2.36 bits per heavy atom. The summed E-state index contributed by atoms with van der Waals surface area (Å²) in [4.78, 5) is 18.3.